The molecule has 1 heterocycles. The first-order chi connectivity index (χ1) is 6.57. The van der Waals surface area contributed by atoms with Gasteiger partial charge in [0.05, 0.1) is 18.2 Å². The Morgan fingerprint density at radius 1 is 1.33 bits per heavy atom. The average molecular weight is 242 g/mol. The van der Waals surface area contributed by atoms with Gasteiger partial charge in [-0.05, 0) is 6.42 Å². The molecule has 0 aromatic carbocycles. The van der Waals surface area contributed by atoms with Crippen molar-refractivity contribution in [3.05, 3.63) is 0 Å². The van der Waals surface area contributed by atoms with Crippen LogP contribution in [0, 0.1) is 0 Å². The van der Waals surface area contributed by atoms with Gasteiger partial charge < -0.3 is 25.7 Å². The molecule has 0 amide bonds. The number of β-amino-alcohol motifs (C(OH)–C–C–N with tert-alkyl or cyclic N) is 1. The van der Waals surface area contributed by atoms with Crippen molar-refractivity contribution in [1.82, 2.24) is 5.32 Å². The summed E-state index contributed by atoms with van der Waals surface area (Å²) in [5, 5.41) is 40.7. The number of aliphatic hydroxyl groups excluding tert-OH is 4. The molecule has 92 valence electrons. The summed E-state index contributed by atoms with van der Waals surface area (Å²) in [6, 6.07) is 0. The molecule has 0 radical (unpaired) electrons. The van der Waals surface area contributed by atoms with E-state index in [4.69, 9.17) is 0 Å². The van der Waals surface area contributed by atoms with Crippen molar-refractivity contribution >= 4 is 12.4 Å². The fraction of sp³-hybridized carbons (Fsp3) is 1.00. The zero-order valence-corrected chi connectivity index (χ0v) is 9.57. The Kier molecular flexibility index (Phi) is 6.02. The monoisotopic (exact) mass is 241 g/mol. The number of piperidine rings is 1. The maximum absolute atomic E-state index is 9.76. The van der Waals surface area contributed by atoms with Crippen molar-refractivity contribution in [3.63, 3.8) is 0 Å². The lowest BCUT2D eigenvalue weighted by molar-refractivity contribution is -0.135. The van der Waals surface area contributed by atoms with Gasteiger partial charge in [-0.3, -0.25) is 0 Å². The van der Waals surface area contributed by atoms with Crippen LogP contribution in [0.2, 0.25) is 0 Å². The number of rotatable bonds is 3. The lowest BCUT2D eigenvalue weighted by Crippen LogP contribution is -2.69. The molecule has 1 aliphatic rings. The quantitative estimate of drug-likeness (QED) is 0.420. The third-order valence-corrected chi connectivity index (χ3v) is 2.93. The molecule has 1 saturated heterocycles. The lowest BCUT2D eigenvalue weighted by atomic mass is 9.80. The van der Waals surface area contributed by atoms with E-state index in [-0.39, 0.29) is 25.6 Å². The van der Waals surface area contributed by atoms with E-state index in [2.05, 4.69) is 5.32 Å². The highest BCUT2D eigenvalue weighted by Crippen LogP contribution is 2.25. The van der Waals surface area contributed by atoms with E-state index in [0.717, 1.165) is 6.42 Å². The van der Waals surface area contributed by atoms with Gasteiger partial charge in [0.2, 0.25) is 0 Å². The number of aliphatic hydroxyl groups is 4. The molecule has 0 aromatic heterocycles. The summed E-state index contributed by atoms with van der Waals surface area (Å²) in [5.41, 5.74) is -0.868. The van der Waals surface area contributed by atoms with Gasteiger partial charge in [0.1, 0.15) is 12.2 Å². The van der Waals surface area contributed by atoms with Gasteiger partial charge >= 0.3 is 0 Å². The molecule has 1 fully saturated rings. The molecule has 5 N–H and O–H groups in total. The Hall–Kier alpha value is 0.0900. The van der Waals surface area contributed by atoms with Crippen molar-refractivity contribution in [1.29, 1.82) is 0 Å². The predicted octanol–water partition coefficient (Wildman–Crippen LogP) is -1.37. The first-order valence-corrected chi connectivity index (χ1v) is 4.97. The average Bonchev–Trinajstić information content (AvgIpc) is 2.20. The molecule has 0 bridgehead atoms. The van der Waals surface area contributed by atoms with Gasteiger partial charge in [-0.25, -0.2) is 0 Å². The van der Waals surface area contributed by atoms with E-state index in [0.29, 0.717) is 6.42 Å². The molecule has 0 aromatic rings. The van der Waals surface area contributed by atoms with Gasteiger partial charge in [0.15, 0.2) is 0 Å². The van der Waals surface area contributed by atoms with Crippen LogP contribution in [0.4, 0.5) is 0 Å². The van der Waals surface area contributed by atoms with E-state index >= 15 is 0 Å². The van der Waals surface area contributed by atoms with Crippen molar-refractivity contribution in [2.45, 2.75) is 43.6 Å². The van der Waals surface area contributed by atoms with Gasteiger partial charge in [-0.1, -0.05) is 13.3 Å². The fourth-order valence-corrected chi connectivity index (χ4v) is 1.98. The minimum absolute atomic E-state index is 0. The largest absolute Gasteiger partial charge is 0.394 e. The number of nitrogens with one attached hydrogen (secondary N) is 1. The topological polar surface area (TPSA) is 93.0 Å². The summed E-state index contributed by atoms with van der Waals surface area (Å²) in [5.74, 6) is 0. The lowest BCUT2D eigenvalue weighted by Gasteiger charge is -2.45. The molecular weight excluding hydrogens is 222 g/mol. The molecule has 4 atom stereocenters. The van der Waals surface area contributed by atoms with Crippen molar-refractivity contribution in [2.75, 3.05) is 13.2 Å². The Morgan fingerprint density at radius 2 is 1.93 bits per heavy atom. The molecule has 1 rings (SSSR count). The normalized spacial score (nSPS) is 41.0. The third kappa shape index (κ3) is 2.81. The summed E-state index contributed by atoms with van der Waals surface area (Å²) < 4.78 is 0. The van der Waals surface area contributed by atoms with E-state index in [9.17, 15) is 20.4 Å². The Balaban J connectivity index is 0.00000196. The first-order valence-electron chi connectivity index (χ1n) is 4.97. The molecule has 15 heavy (non-hydrogen) atoms. The minimum atomic E-state index is -1.19. The van der Waals surface area contributed by atoms with Crippen LogP contribution in [-0.2, 0) is 0 Å². The molecule has 1 aliphatic heterocycles. The van der Waals surface area contributed by atoms with Gasteiger partial charge in [-0.2, -0.15) is 0 Å². The molecular formula is C9H20ClNO4. The van der Waals surface area contributed by atoms with Crippen molar-refractivity contribution < 1.29 is 20.4 Å². The Bertz CT molecular complexity index is 195. The Morgan fingerprint density at radius 3 is 2.40 bits per heavy atom. The second-order valence-electron chi connectivity index (χ2n) is 3.95. The van der Waals surface area contributed by atoms with E-state index < -0.39 is 23.9 Å². The predicted molar refractivity (Wildman–Crippen MR) is 58.0 cm³/mol. The van der Waals surface area contributed by atoms with Crippen LogP contribution >= 0.6 is 12.4 Å². The van der Waals surface area contributed by atoms with Gasteiger partial charge in [-0.15, -0.1) is 12.4 Å². The summed E-state index contributed by atoms with van der Waals surface area (Å²) in [6.45, 7) is 1.88. The third-order valence-electron chi connectivity index (χ3n) is 2.93. The van der Waals surface area contributed by atoms with E-state index in [1.54, 1.807) is 0 Å². The standard InChI is InChI=1S/C9H19NO4.ClH/c1-2-3-9(5-11)8(14)7(13)6(12)4-10-9;/h6-8,10-14H,2-5H2,1H3;1H/t6-,7+,8-,9+;/m0./s1. The number of hydrogen-bond acceptors (Lipinski definition) is 5. The fourth-order valence-electron chi connectivity index (χ4n) is 1.98. The van der Waals surface area contributed by atoms with Crippen LogP contribution in [0.5, 0.6) is 0 Å². The van der Waals surface area contributed by atoms with Crippen LogP contribution < -0.4 is 5.32 Å². The summed E-state index contributed by atoms with van der Waals surface area (Å²) in [7, 11) is 0. The molecule has 0 spiro atoms. The second kappa shape index (κ2) is 5.98. The van der Waals surface area contributed by atoms with Crippen LogP contribution in [0.25, 0.3) is 0 Å². The van der Waals surface area contributed by atoms with E-state index in [1.807, 2.05) is 6.92 Å². The number of hydrogen-bond donors (Lipinski definition) is 5. The van der Waals surface area contributed by atoms with Crippen molar-refractivity contribution in [2.24, 2.45) is 0 Å². The highest BCUT2D eigenvalue weighted by Gasteiger charge is 2.46. The Labute approximate surface area is 95.5 Å². The molecule has 6 heteroatoms. The van der Waals surface area contributed by atoms with Crippen LogP contribution in [-0.4, -0.2) is 57.4 Å². The summed E-state index contributed by atoms with van der Waals surface area (Å²) in [6.07, 6.45) is -1.94. The SMILES string of the molecule is CCC[C@]1(CO)NC[C@H](O)[C@@H](O)[C@@H]1O.Cl. The van der Waals surface area contributed by atoms with E-state index in [1.165, 1.54) is 0 Å². The van der Waals surface area contributed by atoms with Gasteiger partial charge in [0, 0.05) is 6.54 Å². The zero-order chi connectivity index (χ0) is 10.8. The summed E-state index contributed by atoms with van der Waals surface area (Å²) in [4.78, 5) is 0. The zero-order valence-electron chi connectivity index (χ0n) is 8.76. The van der Waals surface area contributed by atoms with Crippen LogP contribution in [0.1, 0.15) is 19.8 Å². The highest BCUT2D eigenvalue weighted by molar-refractivity contribution is 5.85. The second-order valence-corrected chi connectivity index (χ2v) is 3.95. The van der Waals surface area contributed by atoms with Crippen LogP contribution in [0.3, 0.4) is 0 Å². The minimum Gasteiger partial charge on any atom is -0.394 e. The maximum atomic E-state index is 9.76. The molecule has 0 unspecified atom stereocenters. The van der Waals surface area contributed by atoms with Crippen LogP contribution in [0.15, 0.2) is 0 Å². The number of halogens is 1. The molecule has 0 aliphatic carbocycles. The highest BCUT2D eigenvalue weighted by atomic mass is 35.5. The molecule has 0 saturated carbocycles. The molecule has 5 nitrogen and oxygen atoms in total. The summed E-state index contributed by atoms with van der Waals surface area (Å²) >= 11 is 0. The first kappa shape index (κ1) is 15.1. The van der Waals surface area contributed by atoms with Crippen molar-refractivity contribution in [3.8, 4) is 0 Å². The maximum Gasteiger partial charge on any atom is 0.109 e. The smallest absolute Gasteiger partial charge is 0.109 e. The van der Waals surface area contributed by atoms with Gasteiger partial charge in [0.25, 0.3) is 0 Å².